The van der Waals surface area contributed by atoms with Gasteiger partial charge >= 0.3 is 6.03 Å². The topological polar surface area (TPSA) is 41.1 Å². The smallest absolute Gasteiger partial charge is 0.319 e. The highest BCUT2D eigenvalue weighted by Crippen LogP contribution is 2.22. The minimum absolute atomic E-state index is 0.113. The van der Waals surface area contributed by atoms with Crippen LogP contribution < -0.4 is 10.6 Å². The molecular formula is C15H14ClFN2O. The number of hydrogen-bond donors (Lipinski definition) is 2. The molecule has 0 bridgehead atoms. The van der Waals surface area contributed by atoms with Crippen LogP contribution in [0.2, 0.25) is 5.02 Å². The lowest BCUT2D eigenvalue weighted by atomic mass is 10.2. The maximum absolute atomic E-state index is 13.4. The molecule has 0 atom stereocenters. The Morgan fingerprint density at radius 1 is 1.25 bits per heavy atom. The van der Waals surface area contributed by atoms with Gasteiger partial charge in [0.2, 0.25) is 0 Å². The molecule has 0 spiro atoms. The fourth-order valence-corrected chi connectivity index (χ4v) is 1.99. The second-order valence-electron chi connectivity index (χ2n) is 4.38. The fraction of sp³-hybridized carbons (Fsp3) is 0.133. The lowest BCUT2D eigenvalue weighted by Gasteiger charge is -2.10. The van der Waals surface area contributed by atoms with Gasteiger partial charge in [-0.15, -0.1) is 0 Å². The van der Waals surface area contributed by atoms with Crippen molar-refractivity contribution in [3.8, 4) is 0 Å². The van der Waals surface area contributed by atoms with Gasteiger partial charge in [-0.3, -0.25) is 0 Å². The average molecular weight is 293 g/mol. The Morgan fingerprint density at radius 3 is 2.70 bits per heavy atom. The molecule has 2 aromatic rings. The van der Waals surface area contributed by atoms with Gasteiger partial charge in [-0.1, -0.05) is 35.9 Å². The van der Waals surface area contributed by atoms with Gasteiger partial charge in [0.25, 0.3) is 0 Å². The average Bonchev–Trinajstić information content (AvgIpc) is 2.41. The molecule has 104 valence electrons. The zero-order valence-electron chi connectivity index (χ0n) is 10.9. The molecule has 0 fully saturated rings. The van der Waals surface area contributed by atoms with Crippen molar-refractivity contribution in [1.29, 1.82) is 0 Å². The quantitative estimate of drug-likeness (QED) is 0.878. The van der Waals surface area contributed by atoms with Crippen LogP contribution in [0.3, 0.4) is 0 Å². The second kappa shape index (κ2) is 6.39. The van der Waals surface area contributed by atoms with Crippen LogP contribution in [0.25, 0.3) is 0 Å². The third-order valence-electron chi connectivity index (χ3n) is 2.77. The van der Waals surface area contributed by atoms with Crippen molar-refractivity contribution in [2.24, 2.45) is 0 Å². The first-order valence-electron chi connectivity index (χ1n) is 6.10. The molecule has 2 amide bonds. The van der Waals surface area contributed by atoms with Crippen molar-refractivity contribution in [2.45, 2.75) is 13.5 Å². The molecule has 0 aliphatic carbocycles. The molecule has 0 saturated carbocycles. The van der Waals surface area contributed by atoms with Crippen LogP contribution in [0.4, 0.5) is 14.9 Å². The van der Waals surface area contributed by atoms with E-state index in [9.17, 15) is 9.18 Å². The van der Waals surface area contributed by atoms with Crippen LogP contribution in [0.5, 0.6) is 0 Å². The molecular weight excluding hydrogens is 279 g/mol. The van der Waals surface area contributed by atoms with Gasteiger partial charge in [0, 0.05) is 12.1 Å². The molecule has 2 rings (SSSR count). The summed E-state index contributed by atoms with van der Waals surface area (Å²) in [5, 5.41) is 5.67. The third kappa shape index (κ3) is 3.71. The van der Waals surface area contributed by atoms with Crippen molar-refractivity contribution >= 4 is 23.3 Å². The monoisotopic (exact) mass is 292 g/mol. The van der Waals surface area contributed by atoms with Crippen molar-refractivity contribution in [2.75, 3.05) is 5.32 Å². The molecule has 0 radical (unpaired) electrons. The number of anilines is 1. The van der Waals surface area contributed by atoms with E-state index in [0.29, 0.717) is 16.3 Å². The summed E-state index contributed by atoms with van der Waals surface area (Å²) in [5.74, 6) is -0.346. The van der Waals surface area contributed by atoms with Gasteiger partial charge in [0.15, 0.2) is 0 Å². The lowest BCUT2D eigenvalue weighted by Crippen LogP contribution is -2.28. The first-order valence-corrected chi connectivity index (χ1v) is 6.48. The predicted octanol–water partition coefficient (Wildman–Crippen LogP) is 4.11. The molecule has 0 aromatic heterocycles. The highest BCUT2D eigenvalue weighted by Gasteiger charge is 2.07. The summed E-state index contributed by atoms with van der Waals surface area (Å²) in [5.41, 5.74) is 1.95. The van der Waals surface area contributed by atoms with Crippen molar-refractivity contribution in [1.82, 2.24) is 5.32 Å². The number of hydrogen-bond acceptors (Lipinski definition) is 1. The summed E-state index contributed by atoms with van der Waals surface area (Å²) < 4.78 is 13.4. The summed E-state index contributed by atoms with van der Waals surface area (Å²) in [4.78, 5) is 11.7. The van der Waals surface area contributed by atoms with E-state index < -0.39 is 6.03 Å². The van der Waals surface area contributed by atoms with Crippen molar-refractivity contribution in [3.63, 3.8) is 0 Å². The van der Waals surface area contributed by atoms with Crippen LogP contribution in [-0.2, 0) is 6.54 Å². The predicted molar refractivity (Wildman–Crippen MR) is 78.4 cm³/mol. The minimum Gasteiger partial charge on any atom is -0.334 e. The van der Waals surface area contributed by atoms with E-state index in [4.69, 9.17) is 11.6 Å². The van der Waals surface area contributed by atoms with Gasteiger partial charge in [-0.25, -0.2) is 9.18 Å². The van der Waals surface area contributed by atoms with Gasteiger partial charge in [0.1, 0.15) is 5.82 Å². The summed E-state index contributed by atoms with van der Waals surface area (Å²) in [6, 6.07) is 11.2. The largest absolute Gasteiger partial charge is 0.334 e. The molecule has 0 aliphatic heterocycles. The second-order valence-corrected chi connectivity index (χ2v) is 4.79. The number of nitrogens with one attached hydrogen (secondary N) is 2. The molecule has 2 N–H and O–H groups in total. The third-order valence-corrected chi connectivity index (χ3v) is 3.08. The highest BCUT2D eigenvalue weighted by molar-refractivity contribution is 6.33. The number of carbonyl (C=O) groups excluding carboxylic acids is 1. The van der Waals surface area contributed by atoms with E-state index in [1.54, 1.807) is 30.3 Å². The number of rotatable bonds is 3. The standard InChI is InChI=1S/C15H14ClFN2O/c1-10-6-7-14(12(16)8-10)19-15(20)18-9-11-4-2-3-5-13(11)17/h2-8H,9H2,1H3,(H2,18,19,20). The Balaban J connectivity index is 1.94. The lowest BCUT2D eigenvalue weighted by molar-refractivity contribution is 0.251. The normalized spacial score (nSPS) is 10.2. The molecule has 20 heavy (non-hydrogen) atoms. The number of urea groups is 1. The molecule has 0 saturated heterocycles. The van der Waals surface area contributed by atoms with E-state index in [0.717, 1.165) is 5.56 Å². The van der Waals surface area contributed by atoms with Crippen LogP contribution in [-0.4, -0.2) is 6.03 Å². The highest BCUT2D eigenvalue weighted by atomic mass is 35.5. The molecule has 0 aliphatic rings. The SMILES string of the molecule is Cc1ccc(NC(=O)NCc2ccccc2F)c(Cl)c1. The molecule has 0 unspecified atom stereocenters. The Morgan fingerprint density at radius 2 is 2.00 bits per heavy atom. The number of carbonyl (C=O) groups is 1. The molecule has 0 heterocycles. The van der Waals surface area contributed by atoms with E-state index in [1.807, 2.05) is 13.0 Å². The molecule has 2 aromatic carbocycles. The summed E-state index contributed by atoms with van der Waals surface area (Å²) in [6.45, 7) is 2.02. The van der Waals surface area contributed by atoms with Crippen LogP contribution in [0.1, 0.15) is 11.1 Å². The van der Waals surface area contributed by atoms with Crippen LogP contribution in [0.15, 0.2) is 42.5 Å². The number of benzene rings is 2. The van der Waals surface area contributed by atoms with E-state index >= 15 is 0 Å². The van der Waals surface area contributed by atoms with Crippen LogP contribution in [0, 0.1) is 12.7 Å². The van der Waals surface area contributed by atoms with Gasteiger partial charge in [0.05, 0.1) is 10.7 Å². The fourth-order valence-electron chi connectivity index (χ4n) is 1.71. The van der Waals surface area contributed by atoms with Gasteiger partial charge in [-0.05, 0) is 30.7 Å². The Hall–Kier alpha value is -2.07. The number of halogens is 2. The van der Waals surface area contributed by atoms with Gasteiger partial charge in [-0.2, -0.15) is 0 Å². The molecule has 5 heteroatoms. The Kier molecular flexibility index (Phi) is 4.58. The summed E-state index contributed by atoms with van der Waals surface area (Å²) in [6.07, 6.45) is 0. The first kappa shape index (κ1) is 14.3. The minimum atomic E-state index is -0.431. The molecule has 3 nitrogen and oxygen atoms in total. The van der Waals surface area contributed by atoms with E-state index in [1.165, 1.54) is 6.07 Å². The maximum Gasteiger partial charge on any atom is 0.319 e. The van der Waals surface area contributed by atoms with Crippen molar-refractivity contribution in [3.05, 3.63) is 64.4 Å². The Bertz CT molecular complexity index is 631. The number of aryl methyl sites for hydroxylation is 1. The summed E-state index contributed by atoms with van der Waals surface area (Å²) >= 11 is 6.01. The van der Waals surface area contributed by atoms with Gasteiger partial charge < -0.3 is 10.6 Å². The number of amides is 2. The van der Waals surface area contributed by atoms with Crippen molar-refractivity contribution < 1.29 is 9.18 Å². The summed E-state index contributed by atoms with van der Waals surface area (Å²) in [7, 11) is 0. The maximum atomic E-state index is 13.4. The van der Waals surface area contributed by atoms with E-state index in [2.05, 4.69) is 10.6 Å². The van der Waals surface area contributed by atoms with E-state index in [-0.39, 0.29) is 12.4 Å². The first-order chi connectivity index (χ1) is 9.56. The zero-order valence-corrected chi connectivity index (χ0v) is 11.7. The Labute approximate surface area is 121 Å². The van der Waals surface area contributed by atoms with Crippen LogP contribution >= 0.6 is 11.6 Å². The zero-order chi connectivity index (χ0) is 14.5.